The third-order valence-corrected chi connectivity index (χ3v) is 4.45. The molecule has 0 radical (unpaired) electrons. The van der Waals surface area contributed by atoms with Gasteiger partial charge in [-0.25, -0.2) is 0 Å². The van der Waals surface area contributed by atoms with Gasteiger partial charge in [-0.1, -0.05) is 40.5 Å². The molecule has 0 aliphatic heterocycles. The fourth-order valence-electron chi connectivity index (χ4n) is 2.57. The lowest BCUT2D eigenvalue weighted by Gasteiger charge is -2.05. The van der Waals surface area contributed by atoms with Crippen LogP contribution in [0.5, 0.6) is 11.5 Å². The molecule has 2 aromatic heterocycles. The molecule has 0 aliphatic rings. The summed E-state index contributed by atoms with van der Waals surface area (Å²) in [5, 5.41) is 5.07. The zero-order valence-corrected chi connectivity index (χ0v) is 16.2. The van der Waals surface area contributed by atoms with Crippen molar-refractivity contribution >= 4 is 23.2 Å². The topological polar surface area (TPSA) is 70.5 Å². The summed E-state index contributed by atoms with van der Waals surface area (Å²) in [5.41, 5.74) is 0.624. The molecule has 0 amide bonds. The third-order valence-electron chi connectivity index (χ3n) is 3.91. The highest BCUT2D eigenvalue weighted by Gasteiger charge is 2.17. The van der Waals surface area contributed by atoms with Gasteiger partial charge in [0.15, 0.2) is 5.76 Å². The predicted molar refractivity (Wildman–Crippen MR) is 105 cm³/mol. The van der Waals surface area contributed by atoms with E-state index in [1.54, 1.807) is 49.6 Å². The van der Waals surface area contributed by atoms with E-state index in [4.69, 9.17) is 41.6 Å². The first kappa shape index (κ1) is 18.4. The number of rotatable bonds is 6. The van der Waals surface area contributed by atoms with E-state index in [0.29, 0.717) is 44.5 Å². The van der Waals surface area contributed by atoms with E-state index in [1.807, 2.05) is 12.1 Å². The maximum absolute atomic E-state index is 6.08. The van der Waals surface area contributed by atoms with E-state index < -0.39 is 0 Å². The van der Waals surface area contributed by atoms with Crippen molar-refractivity contribution in [1.82, 2.24) is 10.1 Å². The number of para-hydroxylation sites is 1. The minimum Gasteiger partial charge on any atom is -0.496 e. The summed E-state index contributed by atoms with van der Waals surface area (Å²) in [6.07, 6.45) is 0. The van der Waals surface area contributed by atoms with Crippen molar-refractivity contribution in [3.05, 3.63) is 70.4 Å². The van der Waals surface area contributed by atoms with Gasteiger partial charge in [0.25, 0.3) is 5.89 Å². The normalized spacial score (nSPS) is 10.8. The molecule has 142 valence electrons. The maximum atomic E-state index is 6.08. The molecule has 0 fully saturated rings. The van der Waals surface area contributed by atoms with Crippen LogP contribution in [0.15, 0.2) is 63.5 Å². The first-order valence-corrected chi connectivity index (χ1v) is 9.03. The van der Waals surface area contributed by atoms with E-state index in [9.17, 15) is 0 Å². The lowest BCUT2D eigenvalue weighted by molar-refractivity contribution is 0.270. The Balaban J connectivity index is 1.52. The van der Waals surface area contributed by atoms with Gasteiger partial charge in [0.2, 0.25) is 5.82 Å². The molecule has 0 saturated carbocycles. The number of methoxy groups -OCH3 is 1. The Hall–Kier alpha value is -2.96. The number of nitrogens with zero attached hydrogens (tertiary/aromatic N) is 2. The standard InChI is InChI=1S/C20H14Cl2N2O4/c1-25-16-8-6-12(21)10-14(16)19-23-20(28-24-19)18-9-7-13(27-18)11-26-17-5-3-2-4-15(17)22/h2-10H,11H2,1H3. The van der Waals surface area contributed by atoms with Gasteiger partial charge in [0.05, 0.1) is 17.7 Å². The van der Waals surface area contributed by atoms with Gasteiger partial charge in [-0.05, 0) is 42.5 Å². The second-order valence-electron chi connectivity index (χ2n) is 5.75. The van der Waals surface area contributed by atoms with Crippen LogP contribution in [-0.2, 0) is 6.61 Å². The highest BCUT2D eigenvalue weighted by molar-refractivity contribution is 6.32. The summed E-state index contributed by atoms with van der Waals surface area (Å²) in [5.74, 6) is 2.77. The van der Waals surface area contributed by atoms with E-state index >= 15 is 0 Å². The molecule has 0 unspecified atom stereocenters. The lowest BCUT2D eigenvalue weighted by atomic mass is 10.2. The van der Waals surface area contributed by atoms with E-state index in [-0.39, 0.29) is 12.5 Å². The highest BCUT2D eigenvalue weighted by atomic mass is 35.5. The van der Waals surface area contributed by atoms with Crippen LogP contribution in [0.3, 0.4) is 0 Å². The van der Waals surface area contributed by atoms with Gasteiger partial charge in [0, 0.05) is 5.02 Å². The minimum absolute atomic E-state index is 0.215. The summed E-state index contributed by atoms with van der Waals surface area (Å²) in [4.78, 5) is 4.37. The zero-order chi connectivity index (χ0) is 19.5. The van der Waals surface area contributed by atoms with Crippen LogP contribution >= 0.6 is 23.2 Å². The fourth-order valence-corrected chi connectivity index (χ4v) is 2.93. The van der Waals surface area contributed by atoms with Crippen molar-refractivity contribution in [3.8, 4) is 34.5 Å². The summed E-state index contributed by atoms with van der Waals surface area (Å²) >= 11 is 12.1. The summed E-state index contributed by atoms with van der Waals surface area (Å²) in [7, 11) is 1.56. The number of hydrogen-bond acceptors (Lipinski definition) is 6. The number of furan rings is 1. The number of benzene rings is 2. The predicted octanol–water partition coefficient (Wildman–Crippen LogP) is 5.89. The van der Waals surface area contributed by atoms with Crippen LogP contribution in [-0.4, -0.2) is 17.3 Å². The molecular weight excluding hydrogens is 403 g/mol. The number of halogens is 2. The molecule has 4 rings (SSSR count). The Kier molecular flexibility index (Phi) is 5.23. The number of ether oxygens (including phenoxy) is 2. The second-order valence-corrected chi connectivity index (χ2v) is 6.60. The lowest BCUT2D eigenvalue weighted by Crippen LogP contribution is -1.93. The molecule has 0 saturated heterocycles. The van der Waals surface area contributed by atoms with Gasteiger partial charge in [-0.2, -0.15) is 4.98 Å². The Morgan fingerprint density at radius 2 is 1.86 bits per heavy atom. The summed E-state index contributed by atoms with van der Waals surface area (Å²) in [6, 6.07) is 15.9. The van der Waals surface area contributed by atoms with Crippen molar-refractivity contribution in [2.45, 2.75) is 6.61 Å². The molecule has 28 heavy (non-hydrogen) atoms. The molecule has 2 heterocycles. The van der Waals surface area contributed by atoms with Gasteiger partial charge in [0.1, 0.15) is 23.9 Å². The van der Waals surface area contributed by atoms with E-state index in [2.05, 4.69) is 10.1 Å². The Bertz CT molecular complexity index is 1110. The van der Waals surface area contributed by atoms with Crippen LogP contribution in [0, 0.1) is 0 Å². The fraction of sp³-hybridized carbons (Fsp3) is 0.100. The van der Waals surface area contributed by atoms with Crippen LogP contribution in [0.25, 0.3) is 23.0 Å². The van der Waals surface area contributed by atoms with Crippen LogP contribution in [0.4, 0.5) is 0 Å². The average molecular weight is 417 g/mol. The number of aromatic nitrogens is 2. The van der Waals surface area contributed by atoms with Gasteiger partial charge < -0.3 is 18.4 Å². The molecule has 4 aromatic rings. The summed E-state index contributed by atoms with van der Waals surface area (Å²) < 4.78 is 22.1. The van der Waals surface area contributed by atoms with Gasteiger partial charge in [-0.15, -0.1) is 0 Å². The first-order valence-electron chi connectivity index (χ1n) is 8.28. The quantitative estimate of drug-likeness (QED) is 0.390. The van der Waals surface area contributed by atoms with E-state index in [1.165, 1.54) is 0 Å². The molecule has 8 heteroatoms. The molecule has 6 nitrogen and oxygen atoms in total. The van der Waals surface area contributed by atoms with Crippen molar-refractivity contribution in [2.24, 2.45) is 0 Å². The Morgan fingerprint density at radius 1 is 1.00 bits per heavy atom. The molecule has 0 aliphatic carbocycles. The smallest absolute Gasteiger partial charge is 0.293 e. The molecular formula is C20H14Cl2N2O4. The SMILES string of the molecule is COc1ccc(Cl)cc1-c1noc(-c2ccc(COc3ccccc3Cl)o2)n1. The third kappa shape index (κ3) is 3.83. The van der Waals surface area contributed by atoms with Gasteiger partial charge >= 0.3 is 0 Å². The minimum atomic E-state index is 0.215. The molecule has 2 aromatic carbocycles. The van der Waals surface area contributed by atoms with Crippen molar-refractivity contribution in [3.63, 3.8) is 0 Å². The van der Waals surface area contributed by atoms with Crippen molar-refractivity contribution in [2.75, 3.05) is 7.11 Å². The van der Waals surface area contributed by atoms with Crippen molar-refractivity contribution < 1.29 is 18.4 Å². The van der Waals surface area contributed by atoms with Crippen LogP contribution in [0.1, 0.15) is 5.76 Å². The molecule has 0 N–H and O–H groups in total. The molecule has 0 bridgehead atoms. The molecule has 0 atom stereocenters. The first-order chi connectivity index (χ1) is 13.6. The average Bonchev–Trinajstić information content (AvgIpc) is 3.37. The van der Waals surface area contributed by atoms with Gasteiger partial charge in [-0.3, -0.25) is 0 Å². The number of hydrogen-bond donors (Lipinski definition) is 0. The molecule has 0 spiro atoms. The maximum Gasteiger partial charge on any atom is 0.293 e. The van der Waals surface area contributed by atoms with Crippen LogP contribution in [0.2, 0.25) is 10.0 Å². The Morgan fingerprint density at radius 3 is 2.68 bits per heavy atom. The monoisotopic (exact) mass is 416 g/mol. The highest BCUT2D eigenvalue weighted by Crippen LogP contribution is 2.32. The van der Waals surface area contributed by atoms with E-state index in [0.717, 1.165) is 0 Å². The van der Waals surface area contributed by atoms with Crippen LogP contribution < -0.4 is 9.47 Å². The second kappa shape index (κ2) is 7.96. The van der Waals surface area contributed by atoms with Crippen molar-refractivity contribution in [1.29, 1.82) is 0 Å². The summed E-state index contributed by atoms with van der Waals surface area (Å²) in [6.45, 7) is 0.215. The zero-order valence-electron chi connectivity index (χ0n) is 14.7. The Labute approximate surface area is 170 Å². The largest absolute Gasteiger partial charge is 0.496 e.